The Labute approximate surface area is 168 Å². The number of fused-ring (bicyclic) bond motifs is 1. The maximum Gasteiger partial charge on any atom is 0.255 e. The fraction of sp³-hybridized carbons (Fsp3) is 0.120. The van der Waals surface area contributed by atoms with Crippen LogP contribution in [0.3, 0.4) is 0 Å². The number of para-hydroxylation sites is 1. The van der Waals surface area contributed by atoms with Crippen LogP contribution in [0, 0.1) is 6.92 Å². The molecule has 0 saturated carbocycles. The summed E-state index contributed by atoms with van der Waals surface area (Å²) in [6, 6.07) is 24.1. The van der Waals surface area contributed by atoms with E-state index in [0.717, 1.165) is 11.1 Å². The maximum absolute atomic E-state index is 13.0. The number of hydrogen-bond acceptors (Lipinski definition) is 3. The highest BCUT2D eigenvalue weighted by Gasteiger charge is 2.19. The first kappa shape index (κ1) is 18.7. The van der Waals surface area contributed by atoms with Gasteiger partial charge in [-0.15, -0.1) is 0 Å². The smallest absolute Gasteiger partial charge is 0.255 e. The van der Waals surface area contributed by atoms with Crippen LogP contribution >= 0.6 is 0 Å². The monoisotopic (exact) mass is 383 g/mol. The van der Waals surface area contributed by atoms with Crippen molar-refractivity contribution in [2.45, 2.75) is 19.9 Å². The van der Waals surface area contributed by atoms with E-state index >= 15 is 0 Å². The largest absolute Gasteiger partial charge is 0.455 e. The van der Waals surface area contributed by atoms with Crippen molar-refractivity contribution in [2.75, 3.05) is 0 Å². The number of rotatable bonds is 4. The predicted octanol–water partition coefficient (Wildman–Crippen LogP) is 5.26. The fourth-order valence-corrected chi connectivity index (χ4v) is 3.45. The SMILES string of the molecule is Cc1c(-c2ccccc2)oc2c(C(=O)N[C@@H](C)c3ccccc3)cccc2c1=O. The van der Waals surface area contributed by atoms with Gasteiger partial charge in [-0.05, 0) is 31.5 Å². The normalized spacial score (nSPS) is 11.9. The molecule has 0 fully saturated rings. The van der Waals surface area contributed by atoms with Crippen molar-refractivity contribution < 1.29 is 9.21 Å². The molecule has 0 unspecified atom stereocenters. The van der Waals surface area contributed by atoms with Gasteiger partial charge in [0.05, 0.1) is 17.0 Å². The van der Waals surface area contributed by atoms with Gasteiger partial charge in [0.2, 0.25) is 0 Å². The number of carbonyl (C=O) groups is 1. The third kappa shape index (κ3) is 3.57. The molecule has 29 heavy (non-hydrogen) atoms. The average molecular weight is 383 g/mol. The lowest BCUT2D eigenvalue weighted by molar-refractivity contribution is 0.0940. The van der Waals surface area contributed by atoms with E-state index in [9.17, 15) is 9.59 Å². The van der Waals surface area contributed by atoms with Gasteiger partial charge in [-0.1, -0.05) is 66.7 Å². The van der Waals surface area contributed by atoms with Crippen molar-refractivity contribution in [3.8, 4) is 11.3 Å². The van der Waals surface area contributed by atoms with Crippen molar-refractivity contribution in [1.29, 1.82) is 0 Å². The minimum Gasteiger partial charge on any atom is -0.455 e. The lowest BCUT2D eigenvalue weighted by Crippen LogP contribution is -2.27. The predicted molar refractivity (Wildman–Crippen MR) is 115 cm³/mol. The third-order valence-electron chi connectivity index (χ3n) is 5.07. The third-order valence-corrected chi connectivity index (χ3v) is 5.07. The quantitative estimate of drug-likeness (QED) is 0.523. The highest BCUT2D eigenvalue weighted by Crippen LogP contribution is 2.27. The summed E-state index contributed by atoms with van der Waals surface area (Å²) in [4.78, 5) is 26.0. The molecule has 4 heteroatoms. The van der Waals surface area contributed by atoms with Gasteiger partial charge in [0, 0.05) is 11.1 Å². The Bertz CT molecular complexity index is 1230. The molecular weight excluding hydrogens is 362 g/mol. The standard InChI is InChI=1S/C25H21NO3/c1-16-22(27)20-14-9-15-21(24(20)29-23(16)19-12-7-4-8-13-19)25(28)26-17(2)18-10-5-3-6-11-18/h3-15,17H,1-2H3,(H,26,28)/t17-/m0/s1. The minimum atomic E-state index is -0.280. The zero-order chi connectivity index (χ0) is 20.4. The van der Waals surface area contributed by atoms with Gasteiger partial charge in [0.15, 0.2) is 11.0 Å². The molecule has 0 aliphatic carbocycles. The lowest BCUT2D eigenvalue weighted by atomic mass is 10.0. The Hall–Kier alpha value is -3.66. The highest BCUT2D eigenvalue weighted by molar-refractivity contribution is 6.05. The Balaban J connectivity index is 1.80. The van der Waals surface area contributed by atoms with Crippen molar-refractivity contribution in [3.63, 3.8) is 0 Å². The topological polar surface area (TPSA) is 59.3 Å². The van der Waals surface area contributed by atoms with Crippen molar-refractivity contribution in [3.05, 3.63) is 106 Å². The molecule has 0 bridgehead atoms. The second-order valence-corrected chi connectivity index (χ2v) is 7.04. The van der Waals surface area contributed by atoms with E-state index in [-0.39, 0.29) is 17.4 Å². The van der Waals surface area contributed by atoms with E-state index in [0.29, 0.717) is 27.9 Å². The second-order valence-electron chi connectivity index (χ2n) is 7.04. The summed E-state index contributed by atoms with van der Waals surface area (Å²) < 4.78 is 6.14. The summed E-state index contributed by atoms with van der Waals surface area (Å²) in [7, 11) is 0. The van der Waals surface area contributed by atoms with Gasteiger partial charge in [0.25, 0.3) is 5.91 Å². The molecule has 0 spiro atoms. The summed E-state index contributed by atoms with van der Waals surface area (Å²) in [5.41, 5.74) is 2.86. The molecule has 1 atom stereocenters. The molecule has 1 amide bonds. The molecule has 3 aromatic carbocycles. The molecule has 1 heterocycles. The van der Waals surface area contributed by atoms with Crippen molar-refractivity contribution in [2.24, 2.45) is 0 Å². The first-order valence-electron chi connectivity index (χ1n) is 9.54. The van der Waals surface area contributed by atoms with Gasteiger partial charge in [-0.25, -0.2) is 0 Å². The summed E-state index contributed by atoms with van der Waals surface area (Å²) in [6.45, 7) is 3.67. The van der Waals surface area contributed by atoms with E-state index in [1.807, 2.05) is 67.6 Å². The van der Waals surface area contributed by atoms with Crippen molar-refractivity contribution in [1.82, 2.24) is 5.32 Å². The zero-order valence-corrected chi connectivity index (χ0v) is 16.3. The van der Waals surface area contributed by atoms with Crippen molar-refractivity contribution >= 4 is 16.9 Å². The fourth-order valence-electron chi connectivity index (χ4n) is 3.45. The highest BCUT2D eigenvalue weighted by atomic mass is 16.3. The molecular formula is C25H21NO3. The Morgan fingerprint density at radius 3 is 2.24 bits per heavy atom. The summed E-state index contributed by atoms with van der Waals surface area (Å²) in [6.07, 6.45) is 0. The number of amides is 1. The molecule has 4 nitrogen and oxygen atoms in total. The number of carbonyl (C=O) groups excluding carboxylic acids is 1. The van der Waals surface area contributed by atoms with E-state index < -0.39 is 0 Å². The summed E-state index contributed by atoms with van der Waals surface area (Å²) in [5, 5.41) is 3.40. The zero-order valence-electron chi connectivity index (χ0n) is 16.3. The van der Waals surface area contributed by atoms with Crippen LogP contribution in [0.25, 0.3) is 22.3 Å². The Kier molecular flexibility index (Phi) is 5.00. The molecule has 1 aromatic heterocycles. The maximum atomic E-state index is 13.0. The first-order chi connectivity index (χ1) is 14.1. The van der Waals surface area contributed by atoms with Gasteiger partial charge < -0.3 is 9.73 Å². The van der Waals surface area contributed by atoms with E-state index in [1.54, 1.807) is 25.1 Å². The second kappa shape index (κ2) is 7.76. The summed E-state index contributed by atoms with van der Waals surface area (Å²) in [5.74, 6) is 0.206. The minimum absolute atomic E-state index is 0.129. The molecule has 0 saturated heterocycles. The van der Waals surface area contributed by atoms with E-state index in [4.69, 9.17) is 4.42 Å². The van der Waals surface area contributed by atoms with Crippen LogP contribution in [-0.2, 0) is 0 Å². The van der Waals surface area contributed by atoms with E-state index in [1.165, 1.54) is 0 Å². The number of benzene rings is 3. The Morgan fingerprint density at radius 2 is 1.55 bits per heavy atom. The molecule has 4 rings (SSSR count). The van der Waals surface area contributed by atoms with E-state index in [2.05, 4.69) is 5.32 Å². The van der Waals surface area contributed by atoms with Crippen LogP contribution < -0.4 is 10.7 Å². The van der Waals surface area contributed by atoms with Gasteiger partial charge >= 0.3 is 0 Å². The summed E-state index contributed by atoms with van der Waals surface area (Å²) >= 11 is 0. The van der Waals surface area contributed by atoms with Crippen LogP contribution in [0.4, 0.5) is 0 Å². The van der Waals surface area contributed by atoms with Gasteiger partial charge in [0.1, 0.15) is 5.76 Å². The van der Waals surface area contributed by atoms with Crippen LogP contribution in [0.15, 0.2) is 88.1 Å². The molecule has 0 aliphatic rings. The molecule has 0 aliphatic heterocycles. The Morgan fingerprint density at radius 1 is 0.897 bits per heavy atom. The van der Waals surface area contributed by atoms with Gasteiger partial charge in [-0.2, -0.15) is 0 Å². The average Bonchev–Trinajstić information content (AvgIpc) is 2.77. The number of nitrogens with one attached hydrogen (secondary N) is 1. The van der Waals surface area contributed by atoms with Crippen LogP contribution in [0.5, 0.6) is 0 Å². The molecule has 144 valence electrons. The van der Waals surface area contributed by atoms with Crippen LogP contribution in [0.1, 0.15) is 34.5 Å². The van der Waals surface area contributed by atoms with Gasteiger partial charge in [-0.3, -0.25) is 9.59 Å². The van der Waals surface area contributed by atoms with Crippen LogP contribution in [-0.4, -0.2) is 5.91 Å². The lowest BCUT2D eigenvalue weighted by Gasteiger charge is -2.15. The number of hydrogen-bond donors (Lipinski definition) is 1. The first-order valence-corrected chi connectivity index (χ1v) is 9.54. The molecule has 1 N–H and O–H groups in total. The van der Waals surface area contributed by atoms with Crippen LogP contribution in [0.2, 0.25) is 0 Å². The molecule has 0 radical (unpaired) electrons. The molecule has 4 aromatic rings.